The van der Waals surface area contributed by atoms with Crippen molar-refractivity contribution in [3.8, 4) is 0 Å². The Bertz CT molecular complexity index is 1180. The highest BCUT2D eigenvalue weighted by Crippen LogP contribution is 2.18. The number of hydrogen-bond acceptors (Lipinski definition) is 5. The van der Waals surface area contributed by atoms with Crippen molar-refractivity contribution < 1.29 is 24.5 Å². The van der Waals surface area contributed by atoms with Gasteiger partial charge in [-0.15, -0.1) is 0 Å². The fourth-order valence-corrected chi connectivity index (χ4v) is 10.1. The van der Waals surface area contributed by atoms with E-state index in [0.717, 1.165) is 51.4 Å². The third-order valence-corrected chi connectivity index (χ3v) is 15.2. The van der Waals surface area contributed by atoms with Gasteiger partial charge in [0.15, 0.2) is 0 Å². The molecule has 6 nitrogen and oxygen atoms in total. The molecule has 1 amide bonds. The summed E-state index contributed by atoms with van der Waals surface area (Å²) in [5, 5.41) is 23.3. The van der Waals surface area contributed by atoms with Crippen molar-refractivity contribution in [3.63, 3.8) is 0 Å². The second-order valence-electron chi connectivity index (χ2n) is 22.4. The Morgan fingerprint density at radius 2 is 0.685 bits per heavy atom. The quantitative estimate of drug-likeness (QED) is 0.0320. The number of allylic oxidation sites excluding steroid dienone is 6. The van der Waals surface area contributed by atoms with Gasteiger partial charge in [0.1, 0.15) is 0 Å². The third kappa shape index (κ3) is 59.2. The van der Waals surface area contributed by atoms with Gasteiger partial charge in [0.05, 0.1) is 25.4 Å². The van der Waals surface area contributed by atoms with Gasteiger partial charge < -0.3 is 20.3 Å². The van der Waals surface area contributed by atoms with Crippen LogP contribution in [0.15, 0.2) is 36.5 Å². The monoisotopic (exact) mass is 1030 g/mol. The van der Waals surface area contributed by atoms with Crippen LogP contribution in [0.3, 0.4) is 0 Å². The number of carbonyl (C=O) groups is 2. The minimum absolute atomic E-state index is 0.00898. The highest BCUT2D eigenvalue weighted by molar-refractivity contribution is 5.76. The van der Waals surface area contributed by atoms with Crippen molar-refractivity contribution in [2.45, 2.75) is 366 Å². The smallest absolute Gasteiger partial charge is 0.305 e. The molecule has 2 atom stereocenters. The van der Waals surface area contributed by atoms with Gasteiger partial charge in [0.2, 0.25) is 5.91 Å². The number of nitrogens with one attached hydrogen (secondary N) is 1. The first-order valence-corrected chi connectivity index (χ1v) is 32.7. The average molecular weight is 1030 g/mol. The van der Waals surface area contributed by atoms with Crippen molar-refractivity contribution in [1.82, 2.24) is 5.32 Å². The van der Waals surface area contributed by atoms with Gasteiger partial charge in [-0.3, -0.25) is 9.59 Å². The van der Waals surface area contributed by atoms with Crippen LogP contribution in [0.1, 0.15) is 354 Å². The molecule has 3 N–H and O–H groups in total. The summed E-state index contributed by atoms with van der Waals surface area (Å²) in [6, 6.07) is -0.544. The SMILES string of the molecule is CCCCC/C=C\C/C=C\CCCCCCCCCCCC(=O)OCCCCCCCCCCCCCC/C=C\CCCCCCCCCCC(=O)NC(CO)C(O)CCCCCCCCCCCCCCC. The van der Waals surface area contributed by atoms with Crippen LogP contribution >= 0.6 is 0 Å². The number of aliphatic hydroxyl groups excluding tert-OH is 2. The summed E-state index contributed by atoms with van der Waals surface area (Å²) < 4.78 is 5.50. The van der Waals surface area contributed by atoms with Crippen LogP contribution in [0.25, 0.3) is 0 Å². The Balaban J connectivity index is 3.38. The van der Waals surface area contributed by atoms with Gasteiger partial charge in [-0.25, -0.2) is 0 Å². The molecule has 0 radical (unpaired) electrons. The maximum Gasteiger partial charge on any atom is 0.305 e. The molecule has 0 fully saturated rings. The van der Waals surface area contributed by atoms with E-state index in [1.165, 1.54) is 270 Å². The first-order chi connectivity index (χ1) is 36.0. The zero-order chi connectivity index (χ0) is 52.9. The van der Waals surface area contributed by atoms with Crippen LogP contribution in [0.2, 0.25) is 0 Å². The summed E-state index contributed by atoms with van der Waals surface area (Å²) >= 11 is 0. The van der Waals surface area contributed by atoms with E-state index >= 15 is 0 Å². The Morgan fingerprint density at radius 1 is 0.384 bits per heavy atom. The van der Waals surface area contributed by atoms with Gasteiger partial charge in [-0.05, 0) is 83.5 Å². The highest BCUT2D eigenvalue weighted by atomic mass is 16.5. The predicted molar refractivity (Wildman–Crippen MR) is 319 cm³/mol. The molecule has 430 valence electrons. The van der Waals surface area contributed by atoms with E-state index in [-0.39, 0.29) is 18.5 Å². The molecular weight excluding hydrogens is 899 g/mol. The van der Waals surface area contributed by atoms with Crippen LogP contribution in [0, 0.1) is 0 Å². The topological polar surface area (TPSA) is 95.9 Å². The second-order valence-corrected chi connectivity index (χ2v) is 22.4. The molecule has 2 unspecified atom stereocenters. The number of rotatable bonds is 61. The van der Waals surface area contributed by atoms with Crippen molar-refractivity contribution in [2.24, 2.45) is 0 Å². The van der Waals surface area contributed by atoms with E-state index in [2.05, 4.69) is 55.6 Å². The fourth-order valence-electron chi connectivity index (χ4n) is 10.1. The Labute approximate surface area is 455 Å². The van der Waals surface area contributed by atoms with Crippen molar-refractivity contribution in [1.29, 1.82) is 0 Å². The van der Waals surface area contributed by atoms with Crippen molar-refractivity contribution >= 4 is 11.9 Å². The molecule has 6 heteroatoms. The molecule has 0 aromatic rings. The number of ether oxygens (including phenoxy) is 1. The zero-order valence-electron chi connectivity index (χ0n) is 49.1. The lowest BCUT2D eigenvalue weighted by Gasteiger charge is -2.22. The van der Waals surface area contributed by atoms with Crippen LogP contribution in [0.5, 0.6) is 0 Å². The molecule has 0 rings (SSSR count). The summed E-state index contributed by atoms with van der Waals surface area (Å²) in [6.07, 6.45) is 78.8. The second kappa shape index (κ2) is 62.6. The molecule has 0 saturated carbocycles. The predicted octanol–water partition coefficient (Wildman–Crippen LogP) is 20.8. The third-order valence-electron chi connectivity index (χ3n) is 15.2. The van der Waals surface area contributed by atoms with Gasteiger partial charge in [-0.1, -0.05) is 294 Å². The Hall–Kier alpha value is -1.92. The van der Waals surface area contributed by atoms with Gasteiger partial charge in [-0.2, -0.15) is 0 Å². The minimum Gasteiger partial charge on any atom is -0.466 e. The van der Waals surface area contributed by atoms with Crippen LogP contribution in [-0.4, -0.2) is 47.4 Å². The molecule has 73 heavy (non-hydrogen) atoms. The van der Waals surface area contributed by atoms with Crippen molar-refractivity contribution in [2.75, 3.05) is 13.2 Å². The Morgan fingerprint density at radius 3 is 1.08 bits per heavy atom. The van der Waals surface area contributed by atoms with Crippen LogP contribution in [-0.2, 0) is 14.3 Å². The largest absolute Gasteiger partial charge is 0.466 e. The maximum absolute atomic E-state index is 12.5. The Kier molecular flexibility index (Phi) is 61.0. The molecule has 0 heterocycles. The number of unbranched alkanes of at least 4 members (excludes halogenated alkanes) is 44. The van der Waals surface area contributed by atoms with E-state index < -0.39 is 12.1 Å². The number of amides is 1. The lowest BCUT2D eigenvalue weighted by Crippen LogP contribution is -2.45. The van der Waals surface area contributed by atoms with Gasteiger partial charge in [0.25, 0.3) is 0 Å². The van der Waals surface area contributed by atoms with E-state index in [1.54, 1.807) is 0 Å². The summed E-state index contributed by atoms with van der Waals surface area (Å²) in [5.74, 6) is -0.0296. The zero-order valence-corrected chi connectivity index (χ0v) is 49.1. The average Bonchev–Trinajstić information content (AvgIpc) is 3.39. The van der Waals surface area contributed by atoms with Crippen LogP contribution in [0.4, 0.5) is 0 Å². The number of aliphatic hydroxyl groups is 2. The molecule has 0 aromatic heterocycles. The first-order valence-electron chi connectivity index (χ1n) is 32.7. The normalized spacial score (nSPS) is 12.8. The molecule has 0 aliphatic carbocycles. The lowest BCUT2D eigenvalue weighted by molar-refractivity contribution is -0.143. The molecular formula is C67H127NO5. The number of hydrogen-bond donors (Lipinski definition) is 3. The summed E-state index contributed by atoms with van der Waals surface area (Å²) in [6.45, 7) is 4.94. The van der Waals surface area contributed by atoms with E-state index in [0.29, 0.717) is 25.9 Å². The molecule has 0 saturated heterocycles. The number of esters is 1. The first kappa shape index (κ1) is 71.1. The summed E-state index contributed by atoms with van der Waals surface area (Å²) in [7, 11) is 0. The fraction of sp³-hybridized carbons (Fsp3) is 0.881. The lowest BCUT2D eigenvalue weighted by atomic mass is 10.0. The molecule has 0 aliphatic rings. The standard InChI is InChI=1S/C67H127NO5/c1-3-5-7-9-11-13-15-17-18-19-26-30-33-37-41-45-49-53-57-61-67(72)73-62-58-54-50-46-42-38-34-31-28-25-23-21-20-22-24-27-29-32-36-40-44-48-52-56-60-66(71)68-64(63-69)65(70)59-55-51-47-43-39-35-16-14-12-10-8-6-4-2/h11,13,17-18,22,24,64-65,69-70H,3-10,12,14-16,19-21,23,25-63H2,1-2H3,(H,68,71)/b13-11-,18-17-,24-22-. The van der Waals surface area contributed by atoms with E-state index in [9.17, 15) is 19.8 Å². The highest BCUT2D eigenvalue weighted by Gasteiger charge is 2.20. The number of carbonyl (C=O) groups excluding carboxylic acids is 2. The van der Waals surface area contributed by atoms with E-state index in [1.807, 2.05) is 0 Å². The molecule has 0 spiro atoms. The summed E-state index contributed by atoms with van der Waals surface area (Å²) in [4.78, 5) is 24.6. The van der Waals surface area contributed by atoms with Crippen LogP contribution < -0.4 is 5.32 Å². The molecule has 0 aromatic carbocycles. The van der Waals surface area contributed by atoms with Gasteiger partial charge >= 0.3 is 5.97 Å². The molecule has 0 bridgehead atoms. The summed E-state index contributed by atoms with van der Waals surface area (Å²) in [5.41, 5.74) is 0. The van der Waals surface area contributed by atoms with E-state index in [4.69, 9.17) is 4.74 Å². The van der Waals surface area contributed by atoms with Gasteiger partial charge in [0, 0.05) is 12.8 Å². The minimum atomic E-state index is -0.667. The van der Waals surface area contributed by atoms with Crippen molar-refractivity contribution in [3.05, 3.63) is 36.5 Å². The molecule has 0 aliphatic heterocycles. The maximum atomic E-state index is 12.5.